The quantitative estimate of drug-likeness (QED) is 0.301. The van der Waals surface area contributed by atoms with Gasteiger partial charge in [-0.2, -0.15) is 5.10 Å². The molecular weight excluding hydrogens is 493 g/mol. The van der Waals surface area contributed by atoms with Crippen molar-refractivity contribution in [3.8, 4) is 0 Å². The number of likely N-dealkylation sites (tertiary alicyclic amines) is 1. The summed E-state index contributed by atoms with van der Waals surface area (Å²) in [5, 5.41) is 11.4. The lowest BCUT2D eigenvalue weighted by Crippen LogP contribution is -2.49. The fraction of sp³-hybridized carbons (Fsp3) is 0.810. The number of aryl methyl sites for hydroxylation is 1. The maximum Gasteiger partial charge on any atom is 0.191 e. The van der Waals surface area contributed by atoms with Crippen molar-refractivity contribution in [1.82, 2.24) is 30.2 Å². The molecule has 9 heteroatoms. The minimum atomic E-state index is 0. The molecular formula is C21H40IN7O. The Balaban J connectivity index is 0.00000320. The van der Waals surface area contributed by atoms with Crippen molar-refractivity contribution in [2.24, 2.45) is 18.0 Å². The largest absolute Gasteiger partial charge is 0.381 e. The van der Waals surface area contributed by atoms with Crippen molar-refractivity contribution < 1.29 is 4.74 Å². The van der Waals surface area contributed by atoms with E-state index in [2.05, 4.69) is 52.7 Å². The number of guanidine groups is 1. The highest BCUT2D eigenvalue weighted by molar-refractivity contribution is 14.0. The zero-order chi connectivity index (χ0) is 20.6. The van der Waals surface area contributed by atoms with Crippen LogP contribution in [0, 0.1) is 5.92 Å². The number of aliphatic imine (C=N–C) groups is 1. The monoisotopic (exact) mass is 533 g/mol. The van der Waals surface area contributed by atoms with Gasteiger partial charge < -0.3 is 25.2 Å². The van der Waals surface area contributed by atoms with Gasteiger partial charge in [0, 0.05) is 57.6 Å². The van der Waals surface area contributed by atoms with Gasteiger partial charge in [0.2, 0.25) is 0 Å². The van der Waals surface area contributed by atoms with Crippen LogP contribution in [0.15, 0.2) is 17.4 Å². The average molecular weight is 534 g/mol. The standard InChI is InChI=1S/C21H39N7O.HI/c1-5-22-21(23-13-20(26(2)3)18-12-24-27(4)15-18)25-19-6-9-28(10-7-19)14-17-8-11-29-16-17;/h12,15,17,19-20H,5-11,13-14,16H2,1-4H3,(H2,22,23,25);1H. The van der Waals surface area contributed by atoms with Gasteiger partial charge in [-0.05, 0) is 46.2 Å². The molecule has 2 aliphatic rings. The zero-order valence-corrected chi connectivity index (χ0v) is 21.3. The van der Waals surface area contributed by atoms with Gasteiger partial charge in [-0.25, -0.2) is 0 Å². The number of halogens is 1. The van der Waals surface area contributed by atoms with E-state index >= 15 is 0 Å². The Morgan fingerprint density at radius 2 is 2.10 bits per heavy atom. The maximum absolute atomic E-state index is 5.52. The fourth-order valence-corrected chi connectivity index (χ4v) is 4.22. The van der Waals surface area contributed by atoms with Gasteiger partial charge in [0.15, 0.2) is 5.96 Å². The Bertz CT molecular complexity index is 637. The Kier molecular flexibility index (Phi) is 10.8. The molecule has 2 atom stereocenters. The molecule has 0 radical (unpaired) electrons. The average Bonchev–Trinajstić information content (AvgIpc) is 3.35. The molecule has 0 saturated carbocycles. The molecule has 2 fully saturated rings. The van der Waals surface area contributed by atoms with Crippen molar-refractivity contribution in [3.05, 3.63) is 18.0 Å². The summed E-state index contributed by atoms with van der Waals surface area (Å²) in [5.74, 6) is 1.65. The molecule has 3 rings (SSSR count). The van der Waals surface area contributed by atoms with Crippen LogP contribution in [0.1, 0.15) is 37.8 Å². The van der Waals surface area contributed by atoms with Gasteiger partial charge in [0.05, 0.1) is 25.4 Å². The van der Waals surface area contributed by atoms with E-state index in [4.69, 9.17) is 9.73 Å². The number of likely N-dealkylation sites (N-methyl/N-ethyl adjacent to an activating group) is 1. The van der Waals surface area contributed by atoms with Crippen LogP contribution in [0.5, 0.6) is 0 Å². The first-order valence-corrected chi connectivity index (χ1v) is 11.0. The summed E-state index contributed by atoms with van der Waals surface area (Å²) in [6, 6.07) is 0.703. The van der Waals surface area contributed by atoms with Crippen molar-refractivity contribution >= 4 is 29.9 Å². The van der Waals surface area contributed by atoms with E-state index in [9.17, 15) is 0 Å². The second-order valence-corrected chi connectivity index (χ2v) is 8.60. The Hall–Kier alpha value is -0.910. The van der Waals surface area contributed by atoms with Gasteiger partial charge in [-0.3, -0.25) is 9.67 Å². The van der Waals surface area contributed by atoms with Crippen LogP contribution in [0.3, 0.4) is 0 Å². The van der Waals surface area contributed by atoms with Gasteiger partial charge in [-0.1, -0.05) is 0 Å². The van der Waals surface area contributed by atoms with Gasteiger partial charge in [0.1, 0.15) is 0 Å². The highest BCUT2D eigenvalue weighted by atomic mass is 127. The predicted octanol–water partition coefficient (Wildman–Crippen LogP) is 1.70. The molecule has 0 aliphatic carbocycles. The Morgan fingerprint density at radius 1 is 1.33 bits per heavy atom. The highest BCUT2D eigenvalue weighted by Gasteiger charge is 2.24. The molecule has 0 bridgehead atoms. The molecule has 2 N–H and O–H groups in total. The molecule has 0 amide bonds. The number of hydrogen-bond acceptors (Lipinski definition) is 5. The number of piperidine rings is 1. The van der Waals surface area contributed by atoms with E-state index in [1.165, 1.54) is 18.5 Å². The summed E-state index contributed by atoms with van der Waals surface area (Å²) < 4.78 is 7.38. The van der Waals surface area contributed by atoms with E-state index in [-0.39, 0.29) is 30.0 Å². The topological polar surface area (TPSA) is 70.0 Å². The van der Waals surface area contributed by atoms with E-state index in [0.717, 1.165) is 57.6 Å². The molecule has 2 unspecified atom stereocenters. The molecule has 30 heavy (non-hydrogen) atoms. The summed E-state index contributed by atoms with van der Waals surface area (Å²) in [5.41, 5.74) is 1.20. The van der Waals surface area contributed by atoms with Crippen LogP contribution in [-0.2, 0) is 11.8 Å². The van der Waals surface area contributed by atoms with Crippen LogP contribution >= 0.6 is 24.0 Å². The molecule has 2 saturated heterocycles. The summed E-state index contributed by atoms with van der Waals surface area (Å²) in [7, 11) is 6.15. The normalized spacial score (nSPS) is 22.2. The molecule has 0 aromatic carbocycles. The minimum Gasteiger partial charge on any atom is -0.381 e. The third kappa shape index (κ3) is 7.65. The van der Waals surface area contributed by atoms with Crippen molar-refractivity contribution in [1.29, 1.82) is 0 Å². The van der Waals surface area contributed by atoms with Crippen LogP contribution < -0.4 is 10.6 Å². The number of aromatic nitrogens is 2. The second kappa shape index (κ2) is 12.8. The molecule has 3 heterocycles. The lowest BCUT2D eigenvalue weighted by atomic mass is 10.0. The van der Waals surface area contributed by atoms with E-state index < -0.39 is 0 Å². The highest BCUT2D eigenvalue weighted by Crippen LogP contribution is 2.19. The van der Waals surface area contributed by atoms with Crippen LogP contribution in [0.2, 0.25) is 0 Å². The Morgan fingerprint density at radius 3 is 2.67 bits per heavy atom. The zero-order valence-electron chi connectivity index (χ0n) is 19.0. The van der Waals surface area contributed by atoms with Crippen LogP contribution in [-0.4, -0.2) is 91.6 Å². The van der Waals surface area contributed by atoms with Gasteiger partial charge >= 0.3 is 0 Å². The van der Waals surface area contributed by atoms with Crippen molar-refractivity contribution in [2.75, 3.05) is 60.0 Å². The first kappa shape index (κ1) is 25.4. The minimum absolute atomic E-state index is 0. The fourth-order valence-electron chi connectivity index (χ4n) is 4.22. The van der Waals surface area contributed by atoms with E-state index in [1.54, 1.807) is 0 Å². The van der Waals surface area contributed by atoms with Crippen molar-refractivity contribution in [2.45, 2.75) is 38.3 Å². The number of hydrogen-bond donors (Lipinski definition) is 2. The molecule has 0 spiro atoms. The summed E-state index contributed by atoms with van der Waals surface area (Å²) >= 11 is 0. The van der Waals surface area contributed by atoms with Gasteiger partial charge in [-0.15, -0.1) is 24.0 Å². The number of nitrogens with one attached hydrogen (secondary N) is 2. The molecule has 2 aliphatic heterocycles. The first-order chi connectivity index (χ1) is 14.0. The van der Waals surface area contributed by atoms with Crippen LogP contribution in [0.4, 0.5) is 0 Å². The smallest absolute Gasteiger partial charge is 0.191 e. The molecule has 8 nitrogen and oxygen atoms in total. The predicted molar refractivity (Wildman–Crippen MR) is 133 cm³/mol. The van der Waals surface area contributed by atoms with Gasteiger partial charge in [0.25, 0.3) is 0 Å². The lowest BCUT2D eigenvalue weighted by molar-refractivity contribution is 0.150. The molecule has 172 valence electrons. The lowest BCUT2D eigenvalue weighted by Gasteiger charge is -2.34. The third-order valence-electron chi connectivity index (χ3n) is 5.97. The third-order valence-corrected chi connectivity index (χ3v) is 5.97. The Labute approximate surface area is 198 Å². The number of nitrogens with zero attached hydrogens (tertiary/aromatic N) is 5. The number of ether oxygens (including phenoxy) is 1. The van der Waals surface area contributed by atoms with Crippen LogP contribution in [0.25, 0.3) is 0 Å². The SMILES string of the molecule is CCNC(=NCC(c1cnn(C)c1)N(C)C)NC1CCN(CC2CCOC2)CC1.I. The summed E-state index contributed by atoms with van der Waals surface area (Å²) in [4.78, 5) is 9.71. The molecule has 1 aromatic heterocycles. The maximum atomic E-state index is 5.52. The summed E-state index contributed by atoms with van der Waals surface area (Å²) in [6.07, 6.45) is 7.56. The van der Waals surface area contributed by atoms with E-state index in [1.807, 2.05) is 17.9 Å². The second-order valence-electron chi connectivity index (χ2n) is 8.60. The van der Waals surface area contributed by atoms with Crippen molar-refractivity contribution in [3.63, 3.8) is 0 Å². The van der Waals surface area contributed by atoms with E-state index in [0.29, 0.717) is 12.6 Å². The molecule has 1 aromatic rings. The first-order valence-electron chi connectivity index (χ1n) is 11.0. The summed E-state index contributed by atoms with van der Waals surface area (Å²) in [6.45, 7) is 9.08. The number of rotatable bonds is 8.